The Bertz CT molecular complexity index is 360. The number of phenols is 1. The molecule has 5 nitrogen and oxygen atoms in total. The van der Waals surface area contributed by atoms with E-state index in [0.717, 1.165) is 0 Å². The average molecular weight is 180 g/mol. The molecule has 1 rings (SSSR count). The van der Waals surface area contributed by atoms with Gasteiger partial charge in [-0.2, -0.15) is 0 Å². The minimum Gasteiger partial charge on any atom is -0.507 e. The Morgan fingerprint density at radius 3 is 2.85 bits per heavy atom. The molecule has 0 fully saturated rings. The first kappa shape index (κ1) is 9.18. The highest BCUT2D eigenvalue weighted by Gasteiger charge is 2.07. The summed E-state index contributed by atoms with van der Waals surface area (Å²) in [6.07, 6.45) is 1.36. The van der Waals surface area contributed by atoms with E-state index in [9.17, 15) is 15.2 Å². The maximum absolute atomic E-state index is 10.3. The van der Waals surface area contributed by atoms with Gasteiger partial charge in [-0.1, -0.05) is 0 Å². The molecule has 0 aliphatic carbocycles. The quantitative estimate of drug-likeness (QED) is 0.424. The third kappa shape index (κ3) is 2.02. The summed E-state index contributed by atoms with van der Waals surface area (Å²) >= 11 is 0. The number of nitro groups is 1. The van der Waals surface area contributed by atoms with E-state index in [1.165, 1.54) is 31.5 Å². The van der Waals surface area contributed by atoms with E-state index in [-0.39, 0.29) is 11.4 Å². The average Bonchev–Trinajstić information content (AvgIpc) is 2.08. The van der Waals surface area contributed by atoms with E-state index in [2.05, 4.69) is 4.99 Å². The molecule has 5 heteroatoms. The molecule has 0 saturated carbocycles. The summed E-state index contributed by atoms with van der Waals surface area (Å²) in [5.41, 5.74) is 0.282. The summed E-state index contributed by atoms with van der Waals surface area (Å²) in [5.74, 6) is -0.0174. The lowest BCUT2D eigenvalue weighted by Crippen LogP contribution is -1.90. The first-order valence-corrected chi connectivity index (χ1v) is 3.54. The minimum absolute atomic E-state index is 0.0174. The van der Waals surface area contributed by atoms with Gasteiger partial charge in [0.1, 0.15) is 5.75 Å². The van der Waals surface area contributed by atoms with Crippen LogP contribution in [0.5, 0.6) is 5.75 Å². The van der Waals surface area contributed by atoms with Crippen molar-refractivity contribution in [2.45, 2.75) is 0 Å². The normalized spacial score (nSPS) is 10.5. The van der Waals surface area contributed by atoms with Gasteiger partial charge in [0, 0.05) is 31.0 Å². The van der Waals surface area contributed by atoms with E-state index in [4.69, 9.17) is 0 Å². The molecule has 1 aromatic carbocycles. The highest BCUT2D eigenvalue weighted by Crippen LogP contribution is 2.20. The second kappa shape index (κ2) is 3.66. The van der Waals surface area contributed by atoms with Crippen molar-refractivity contribution >= 4 is 11.9 Å². The topological polar surface area (TPSA) is 75.7 Å². The number of aliphatic imine (C=N–C) groups is 1. The van der Waals surface area contributed by atoms with Gasteiger partial charge in [-0.25, -0.2) is 0 Å². The van der Waals surface area contributed by atoms with Crippen molar-refractivity contribution in [3.8, 4) is 5.75 Å². The van der Waals surface area contributed by atoms with Gasteiger partial charge in [0.15, 0.2) is 0 Å². The SMILES string of the molecule is C/N=C/c1cc([N+](=O)[O-])ccc1O. The van der Waals surface area contributed by atoms with Crippen LogP contribution in [0.4, 0.5) is 5.69 Å². The predicted octanol–water partition coefficient (Wildman–Crippen LogP) is 1.35. The third-order valence-corrected chi connectivity index (χ3v) is 1.49. The van der Waals surface area contributed by atoms with Crippen LogP contribution in [-0.2, 0) is 0 Å². The second-order valence-corrected chi connectivity index (χ2v) is 2.39. The molecule has 0 atom stereocenters. The maximum atomic E-state index is 10.3. The Labute approximate surface area is 74.5 Å². The Balaban J connectivity index is 3.18. The molecule has 1 aromatic rings. The molecule has 0 aromatic heterocycles. The van der Waals surface area contributed by atoms with E-state index in [1.54, 1.807) is 0 Å². The van der Waals surface area contributed by atoms with Crippen LogP contribution in [0.1, 0.15) is 5.56 Å². The van der Waals surface area contributed by atoms with E-state index >= 15 is 0 Å². The molecule has 0 saturated heterocycles. The smallest absolute Gasteiger partial charge is 0.270 e. The molecule has 0 bridgehead atoms. The number of phenolic OH excluding ortho intramolecular Hbond substituents is 1. The molecular formula is C8H8N2O3. The number of nitrogens with zero attached hydrogens (tertiary/aromatic N) is 2. The lowest BCUT2D eigenvalue weighted by Gasteiger charge is -1.97. The number of rotatable bonds is 2. The molecule has 0 heterocycles. The number of non-ortho nitro benzene ring substituents is 1. The van der Waals surface area contributed by atoms with E-state index in [0.29, 0.717) is 5.56 Å². The van der Waals surface area contributed by atoms with Crippen LogP contribution in [0.2, 0.25) is 0 Å². The van der Waals surface area contributed by atoms with Crippen LogP contribution < -0.4 is 0 Å². The van der Waals surface area contributed by atoms with Crippen molar-refractivity contribution in [1.82, 2.24) is 0 Å². The summed E-state index contributed by atoms with van der Waals surface area (Å²) in [4.78, 5) is 13.5. The number of benzene rings is 1. The first-order valence-electron chi connectivity index (χ1n) is 3.54. The fourth-order valence-electron chi connectivity index (χ4n) is 0.898. The van der Waals surface area contributed by atoms with Gasteiger partial charge in [0.2, 0.25) is 0 Å². The standard InChI is InChI=1S/C8H8N2O3/c1-9-5-6-4-7(10(12)13)2-3-8(6)11/h2-5,11H,1H3/b9-5+. The molecule has 0 unspecified atom stereocenters. The molecule has 68 valence electrons. The molecule has 0 aliphatic heterocycles. The third-order valence-electron chi connectivity index (χ3n) is 1.49. The zero-order valence-corrected chi connectivity index (χ0v) is 6.97. The Kier molecular flexibility index (Phi) is 2.59. The van der Waals surface area contributed by atoms with Gasteiger partial charge in [-0.3, -0.25) is 15.1 Å². The van der Waals surface area contributed by atoms with Crippen LogP contribution in [0.3, 0.4) is 0 Å². The molecule has 0 spiro atoms. The van der Waals surface area contributed by atoms with Crippen molar-refractivity contribution in [3.05, 3.63) is 33.9 Å². The van der Waals surface area contributed by atoms with E-state index < -0.39 is 4.92 Å². The van der Waals surface area contributed by atoms with Gasteiger partial charge in [0.05, 0.1) is 4.92 Å². The van der Waals surface area contributed by atoms with Crippen LogP contribution in [0, 0.1) is 10.1 Å². The van der Waals surface area contributed by atoms with E-state index in [1.807, 2.05) is 0 Å². The molecular weight excluding hydrogens is 172 g/mol. The largest absolute Gasteiger partial charge is 0.507 e. The Hall–Kier alpha value is -1.91. The van der Waals surface area contributed by atoms with Crippen molar-refractivity contribution in [2.75, 3.05) is 7.05 Å². The zero-order valence-electron chi connectivity index (χ0n) is 6.97. The summed E-state index contributed by atoms with van der Waals surface area (Å²) in [6, 6.07) is 3.78. The monoisotopic (exact) mass is 180 g/mol. The fourth-order valence-corrected chi connectivity index (χ4v) is 0.898. The number of aromatic hydroxyl groups is 1. The maximum Gasteiger partial charge on any atom is 0.270 e. The molecule has 0 amide bonds. The van der Waals surface area contributed by atoms with Gasteiger partial charge in [0.25, 0.3) is 5.69 Å². The van der Waals surface area contributed by atoms with Crippen molar-refractivity contribution in [1.29, 1.82) is 0 Å². The molecule has 0 aliphatic rings. The van der Waals surface area contributed by atoms with Gasteiger partial charge < -0.3 is 5.11 Å². The van der Waals surface area contributed by atoms with Crippen LogP contribution >= 0.6 is 0 Å². The van der Waals surface area contributed by atoms with Gasteiger partial charge in [-0.05, 0) is 6.07 Å². The highest BCUT2D eigenvalue weighted by atomic mass is 16.6. The fraction of sp³-hybridized carbons (Fsp3) is 0.125. The van der Waals surface area contributed by atoms with Crippen molar-refractivity contribution < 1.29 is 10.0 Å². The highest BCUT2D eigenvalue weighted by molar-refractivity contribution is 5.84. The number of nitro benzene ring substituents is 1. The second-order valence-electron chi connectivity index (χ2n) is 2.39. The molecule has 0 radical (unpaired) electrons. The first-order chi connectivity index (χ1) is 6.15. The lowest BCUT2D eigenvalue weighted by atomic mass is 10.2. The molecule has 1 N–H and O–H groups in total. The summed E-state index contributed by atoms with van der Waals surface area (Å²) in [7, 11) is 1.53. The van der Waals surface area contributed by atoms with Crippen LogP contribution in [0.25, 0.3) is 0 Å². The number of hydrogen-bond acceptors (Lipinski definition) is 4. The van der Waals surface area contributed by atoms with Crippen LogP contribution in [-0.4, -0.2) is 23.3 Å². The van der Waals surface area contributed by atoms with Crippen molar-refractivity contribution in [3.63, 3.8) is 0 Å². The lowest BCUT2D eigenvalue weighted by molar-refractivity contribution is -0.384. The van der Waals surface area contributed by atoms with Crippen LogP contribution in [0.15, 0.2) is 23.2 Å². The van der Waals surface area contributed by atoms with Crippen molar-refractivity contribution in [2.24, 2.45) is 4.99 Å². The summed E-state index contributed by atoms with van der Waals surface area (Å²) < 4.78 is 0. The number of hydrogen-bond donors (Lipinski definition) is 1. The van der Waals surface area contributed by atoms with Gasteiger partial charge in [-0.15, -0.1) is 0 Å². The Morgan fingerprint density at radius 1 is 1.62 bits per heavy atom. The molecule has 13 heavy (non-hydrogen) atoms. The van der Waals surface area contributed by atoms with Gasteiger partial charge >= 0.3 is 0 Å². The predicted molar refractivity (Wildman–Crippen MR) is 48.3 cm³/mol. The summed E-state index contributed by atoms with van der Waals surface area (Å²) in [6.45, 7) is 0. The Morgan fingerprint density at radius 2 is 2.31 bits per heavy atom. The zero-order chi connectivity index (χ0) is 9.84. The minimum atomic E-state index is -0.521. The summed E-state index contributed by atoms with van der Waals surface area (Å²) in [5, 5.41) is 19.6.